The van der Waals surface area contributed by atoms with Gasteiger partial charge in [-0.15, -0.1) is 0 Å². The summed E-state index contributed by atoms with van der Waals surface area (Å²) in [5.41, 5.74) is 3.00. The zero-order valence-corrected chi connectivity index (χ0v) is 18.5. The van der Waals surface area contributed by atoms with E-state index in [4.69, 9.17) is 14.2 Å². The third kappa shape index (κ3) is 3.15. The van der Waals surface area contributed by atoms with Crippen molar-refractivity contribution < 1.29 is 19.0 Å². The van der Waals surface area contributed by atoms with Crippen LogP contribution in [0, 0.1) is 11.8 Å². The maximum absolute atomic E-state index is 12.9. The van der Waals surface area contributed by atoms with E-state index in [9.17, 15) is 4.79 Å². The summed E-state index contributed by atoms with van der Waals surface area (Å²) in [4.78, 5) is 12.9. The summed E-state index contributed by atoms with van der Waals surface area (Å²) in [6.45, 7) is 4.64. The summed E-state index contributed by atoms with van der Waals surface area (Å²) >= 11 is 0. The summed E-state index contributed by atoms with van der Waals surface area (Å²) in [7, 11) is 1.69. The molecule has 1 spiro atoms. The smallest absolute Gasteiger partial charge is 0.343 e. The molecule has 0 N–H and O–H groups in total. The van der Waals surface area contributed by atoms with Crippen LogP contribution in [0.4, 0.5) is 0 Å². The molecule has 0 aromatic heterocycles. The number of hydrogen-bond donors (Lipinski definition) is 0. The standard InChI is InChI=1S/C27H30O4/c1-17-8-7-15-27-18(2)11-13-22(30-26(28)19-9-5-4-6-10-19)25(27)31-24-21(29-3)14-12-20(16-17)23(24)27/h4-6,9-10,12-14,17-18,25H,7-8,11,15-16H2,1-3H3. The van der Waals surface area contributed by atoms with E-state index in [1.54, 1.807) is 19.2 Å². The zero-order chi connectivity index (χ0) is 21.6. The van der Waals surface area contributed by atoms with Gasteiger partial charge in [-0.3, -0.25) is 0 Å². The fraction of sp³-hybridized carbons (Fsp3) is 0.444. The van der Waals surface area contributed by atoms with E-state index >= 15 is 0 Å². The third-order valence-corrected chi connectivity index (χ3v) is 7.48. The molecule has 4 atom stereocenters. The second-order valence-electron chi connectivity index (χ2n) is 9.37. The molecule has 0 saturated carbocycles. The largest absolute Gasteiger partial charge is 0.493 e. The van der Waals surface area contributed by atoms with Crippen molar-refractivity contribution in [3.8, 4) is 11.5 Å². The highest BCUT2D eigenvalue weighted by Gasteiger charge is 2.58. The lowest BCUT2D eigenvalue weighted by Gasteiger charge is -2.44. The Bertz CT molecular complexity index is 1030. The van der Waals surface area contributed by atoms with Gasteiger partial charge in [0.15, 0.2) is 17.6 Å². The molecule has 1 aliphatic heterocycles. The van der Waals surface area contributed by atoms with Gasteiger partial charge in [0, 0.05) is 11.0 Å². The zero-order valence-electron chi connectivity index (χ0n) is 18.5. The third-order valence-electron chi connectivity index (χ3n) is 7.48. The summed E-state index contributed by atoms with van der Waals surface area (Å²) in [6, 6.07) is 13.4. The minimum Gasteiger partial charge on any atom is -0.493 e. The van der Waals surface area contributed by atoms with E-state index in [2.05, 4.69) is 26.0 Å². The fourth-order valence-electron chi connectivity index (χ4n) is 5.90. The molecule has 31 heavy (non-hydrogen) atoms. The van der Waals surface area contributed by atoms with Crippen molar-refractivity contribution in [1.29, 1.82) is 0 Å². The molecule has 1 heterocycles. The summed E-state index contributed by atoms with van der Waals surface area (Å²) < 4.78 is 18.3. The van der Waals surface area contributed by atoms with Crippen LogP contribution in [0.15, 0.2) is 54.3 Å². The number of ether oxygens (including phenoxy) is 3. The van der Waals surface area contributed by atoms with Crippen LogP contribution in [0.1, 0.15) is 61.0 Å². The Morgan fingerprint density at radius 3 is 2.71 bits per heavy atom. The van der Waals surface area contributed by atoms with E-state index in [1.807, 2.05) is 24.3 Å². The number of hydrogen-bond acceptors (Lipinski definition) is 4. The van der Waals surface area contributed by atoms with Crippen LogP contribution >= 0.6 is 0 Å². The van der Waals surface area contributed by atoms with Gasteiger partial charge in [0.2, 0.25) is 0 Å². The molecule has 0 fully saturated rings. The van der Waals surface area contributed by atoms with Crippen molar-refractivity contribution in [3.05, 3.63) is 71.0 Å². The number of benzene rings is 2. The molecular formula is C27H30O4. The van der Waals surface area contributed by atoms with Crippen LogP contribution < -0.4 is 9.47 Å². The Balaban J connectivity index is 1.59. The van der Waals surface area contributed by atoms with Crippen molar-refractivity contribution in [2.75, 3.05) is 7.11 Å². The monoisotopic (exact) mass is 418 g/mol. The molecule has 4 heteroatoms. The lowest BCUT2D eigenvalue weighted by molar-refractivity contribution is 0.0320. The predicted molar refractivity (Wildman–Crippen MR) is 120 cm³/mol. The van der Waals surface area contributed by atoms with Crippen molar-refractivity contribution in [2.24, 2.45) is 11.8 Å². The van der Waals surface area contributed by atoms with Crippen LogP contribution in [-0.4, -0.2) is 19.2 Å². The number of allylic oxidation sites excluding steroid dienone is 1. The normalized spacial score (nSPS) is 28.9. The average Bonchev–Trinajstić information content (AvgIpc) is 3.13. The minimum atomic E-state index is -0.331. The van der Waals surface area contributed by atoms with Gasteiger partial charge >= 0.3 is 5.97 Å². The van der Waals surface area contributed by atoms with Crippen LogP contribution in [0.5, 0.6) is 11.5 Å². The lowest BCUT2D eigenvalue weighted by atomic mass is 9.59. The minimum absolute atomic E-state index is 0.194. The van der Waals surface area contributed by atoms with Crippen molar-refractivity contribution in [3.63, 3.8) is 0 Å². The average molecular weight is 419 g/mol. The maximum Gasteiger partial charge on any atom is 0.343 e. The van der Waals surface area contributed by atoms with Gasteiger partial charge in [0.1, 0.15) is 5.76 Å². The Morgan fingerprint density at radius 1 is 1.13 bits per heavy atom. The fourth-order valence-corrected chi connectivity index (χ4v) is 5.90. The number of carbonyl (C=O) groups is 1. The molecule has 0 radical (unpaired) electrons. The van der Waals surface area contributed by atoms with Gasteiger partial charge in [-0.05, 0) is 60.9 Å². The van der Waals surface area contributed by atoms with Gasteiger partial charge in [-0.2, -0.15) is 0 Å². The van der Waals surface area contributed by atoms with E-state index in [-0.39, 0.29) is 17.5 Å². The molecule has 5 rings (SSSR count). The van der Waals surface area contributed by atoms with Gasteiger partial charge < -0.3 is 14.2 Å². The summed E-state index contributed by atoms with van der Waals surface area (Å²) in [6.07, 6.45) is 7.02. The lowest BCUT2D eigenvalue weighted by Crippen LogP contribution is -2.48. The summed E-state index contributed by atoms with van der Waals surface area (Å²) in [5, 5.41) is 0. The van der Waals surface area contributed by atoms with E-state index in [0.29, 0.717) is 23.2 Å². The number of rotatable bonds is 3. The van der Waals surface area contributed by atoms with Crippen molar-refractivity contribution >= 4 is 5.97 Å². The SMILES string of the molecule is COc1ccc2c3c1OC1C(OC(=O)c4ccccc4)=CCC(C)C31CCCC(C)C2. The topological polar surface area (TPSA) is 44.8 Å². The second-order valence-corrected chi connectivity index (χ2v) is 9.37. The van der Waals surface area contributed by atoms with E-state index in [1.165, 1.54) is 17.5 Å². The van der Waals surface area contributed by atoms with Crippen LogP contribution in [-0.2, 0) is 16.6 Å². The van der Waals surface area contributed by atoms with Crippen LogP contribution in [0.3, 0.4) is 0 Å². The molecule has 0 saturated heterocycles. The molecule has 0 amide bonds. The van der Waals surface area contributed by atoms with Crippen LogP contribution in [0.25, 0.3) is 0 Å². The Kier molecular flexibility index (Phi) is 5.04. The number of methoxy groups -OCH3 is 1. The van der Waals surface area contributed by atoms with Gasteiger partial charge in [0.25, 0.3) is 0 Å². The van der Waals surface area contributed by atoms with E-state index in [0.717, 1.165) is 37.2 Å². The van der Waals surface area contributed by atoms with Crippen LogP contribution in [0.2, 0.25) is 0 Å². The molecule has 2 aromatic carbocycles. The highest BCUT2D eigenvalue weighted by molar-refractivity contribution is 5.90. The number of carbonyl (C=O) groups excluding carboxylic acids is 1. The quantitative estimate of drug-likeness (QED) is 0.588. The van der Waals surface area contributed by atoms with Gasteiger partial charge in [-0.1, -0.05) is 51.0 Å². The molecule has 162 valence electrons. The van der Waals surface area contributed by atoms with Crippen molar-refractivity contribution in [1.82, 2.24) is 0 Å². The Hall–Kier alpha value is -2.75. The summed E-state index contributed by atoms with van der Waals surface area (Å²) in [5.74, 6) is 2.94. The highest BCUT2D eigenvalue weighted by atomic mass is 16.6. The predicted octanol–water partition coefficient (Wildman–Crippen LogP) is 5.84. The molecule has 4 unspecified atom stereocenters. The second kappa shape index (κ2) is 7.74. The molecule has 2 aromatic rings. The molecule has 3 aliphatic rings. The van der Waals surface area contributed by atoms with E-state index < -0.39 is 0 Å². The highest BCUT2D eigenvalue weighted by Crippen LogP contribution is 2.60. The Labute approximate surface area is 184 Å². The first-order valence-corrected chi connectivity index (χ1v) is 11.4. The maximum atomic E-state index is 12.9. The first-order valence-electron chi connectivity index (χ1n) is 11.4. The number of esters is 1. The first kappa shape index (κ1) is 20.2. The Morgan fingerprint density at radius 2 is 1.94 bits per heavy atom. The molecule has 2 aliphatic carbocycles. The molecular weight excluding hydrogens is 388 g/mol. The first-order chi connectivity index (χ1) is 15.0. The molecule has 4 nitrogen and oxygen atoms in total. The van der Waals surface area contributed by atoms with Crippen molar-refractivity contribution in [2.45, 2.75) is 57.5 Å². The van der Waals surface area contributed by atoms with Gasteiger partial charge in [0.05, 0.1) is 12.7 Å². The molecule has 0 bridgehead atoms. The van der Waals surface area contributed by atoms with Gasteiger partial charge in [-0.25, -0.2) is 4.79 Å².